The van der Waals surface area contributed by atoms with Gasteiger partial charge in [0.1, 0.15) is 5.75 Å². The van der Waals surface area contributed by atoms with Gasteiger partial charge in [-0.1, -0.05) is 28.1 Å². The maximum absolute atomic E-state index is 8.91. The Morgan fingerprint density at radius 1 is 1.00 bits per heavy atom. The van der Waals surface area contributed by atoms with Crippen LogP contribution in [0.2, 0.25) is 0 Å². The molecule has 0 unspecified atom stereocenters. The predicted octanol–water partition coefficient (Wildman–Crippen LogP) is 3.68. The summed E-state index contributed by atoms with van der Waals surface area (Å²) >= 11 is 3.45. The zero-order valence-corrected chi connectivity index (χ0v) is 12.0. The van der Waals surface area contributed by atoms with Crippen LogP contribution < -0.4 is 4.74 Å². The quantitative estimate of drug-likeness (QED) is 0.795. The number of rotatable bonds is 3. The van der Waals surface area contributed by atoms with E-state index in [2.05, 4.69) is 32.0 Å². The topological polar surface area (TPSA) is 55.2 Å². The molecule has 3 aromatic rings. The third kappa shape index (κ3) is 2.79. The van der Waals surface area contributed by atoms with Gasteiger partial charge in [0, 0.05) is 4.47 Å². The van der Waals surface area contributed by atoms with Crippen LogP contribution in [0.1, 0.15) is 5.69 Å². The van der Waals surface area contributed by atoms with Gasteiger partial charge in [-0.05, 0) is 35.0 Å². The molecule has 0 bridgehead atoms. The highest BCUT2D eigenvalue weighted by molar-refractivity contribution is 9.10. The van der Waals surface area contributed by atoms with Gasteiger partial charge in [0.25, 0.3) is 0 Å². The van der Waals surface area contributed by atoms with Crippen molar-refractivity contribution in [1.29, 1.82) is 0 Å². The second kappa shape index (κ2) is 5.56. The van der Waals surface area contributed by atoms with E-state index in [0.29, 0.717) is 17.3 Å². The Morgan fingerprint density at radius 3 is 2.55 bits per heavy atom. The highest BCUT2D eigenvalue weighted by Crippen LogP contribution is 2.26. The molecular formula is C15H11BrN2O2. The second-order valence-corrected chi connectivity index (χ2v) is 5.18. The molecule has 1 aromatic heterocycles. The number of aliphatic hydroxyl groups is 1. The van der Waals surface area contributed by atoms with Crippen molar-refractivity contribution in [3.63, 3.8) is 0 Å². The minimum atomic E-state index is -0.127. The van der Waals surface area contributed by atoms with Crippen molar-refractivity contribution in [2.75, 3.05) is 0 Å². The maximum Gasteiger partial charge on any atom is 0.237 e. The van der Waals surface area contributed by atoms with Gasteiger partial charge in [0.2, 0.25) is 5.88 Å². The molecule has 0 spiro atoms. The minimum absolute atomic E-state index is 0.127. The summed E-state index contributed by atoms with van der Waals surface area (Å²) < 4.78 is 6.69. The van der Waals surface area contributed by atoms with Crippen LogP contribution in [-0.2, 0) is 6.61 Å². The molecule has 0 atom stereocenters. The summed E-state index contributed by atoms with van der Waals surface area (Å²) in [6, 6.07) is 11.9. The van der Waals surface area contributed by atoms with Crippen LogP contribution in [0.25, 0.3) is 10.8 Å². The lowest BCUT2D eigenvalue weighted by molar-refractivity contribution is 0.276. The zero-order chi connectivity index (χ0) is 13.9. The molecule has 0 radical (unpaired) electrons. The van der Waals surface area contributed by atoms with E-state index in [1.807, 2.05) is 30.3 Å². The van der Waals surface area contributed by atoms with Crippen LogP contribution >= 0.6 is 15.9 Å². The number of hydrogen-bond acceptors (Lipinski definition) is 4. The van der Waals surface area contributed by atoms with Crippen molar-refractivity contribution in [1.82, 2.24) is 9.97 Å². The Hall–Kier alpha value is -1.98. The Kier molecular flexibility index (Phi) is 3.62. The van der Waals surface area contributed by atoms with Crippen LogP contribution in [0.3, 0.4) is 0 Å². The van der Waals surface area contributed by atoms with Gasteiger partial charge in [-0.2, -0.15) is 0 Å². The van der Waals surface area contributed by atoms with Gasteiger partial charge in [0.15, 0.2) is 0 Å². The largest absolute Gasteiger partial charge is 0.437 e. The Bertz CT molecular complexity index is 744. The number of hydrogen-bond donors (Lipinski definition) is 1. The summed E-state index contributed by atoms with van der Waals surface area (Å²) in [5.41, 5.74) is 0.515. The molecule has 0 amide bonds. The lowest BCUT2D eigenvalue weighted by atomic mass is 10.1. The van der Waals surface area contributed by atoms with E-state index < -0.39 is 0 Å². The monoisotopic (exact) mass is 330 g/mol. The lowest BCUT2D eigenvalue weighted by Crippen LogP contribution is -1.93. The van der Waals surface area contributed by atoms with Crippen molar-refractivity contribution in [2.24, 2.45) is 0 Å². The number of nitrogens with zero attached hydrogens (tertiary/aromatic N) is 2. The number of halogens is 1. The molecule has 100 valence electrons. The van der Waals surface area contributed by atoms with Crippen LogP contribution in [0, 0.1) is 0 Å². The number of aliphatic hydroxyl groups excluding tert-OH is 1. The van der Waals surface area contributed by atoms with Gasteiger partial charge in [-0.25, -0.2) is 4.98 Å². The van der Waals surface area contributed by atoms with Gasteiger partial charge >= 0.3 is 0 Å². The first-order valence-electron chi connectivity index (χ1n) is 6.03. The van der Waals surface area contributed by atoms with E-state index in [0.717, 1.165) is 15.2 Å². The van der Waals surface area contributed by atoms with Crippen LogP contribution in [0.5, 0.6) is 11.6 Å². The lowest BCUT2D eigenvalue weighted by Gasteiger charge is -2.06. The van der Waals surface area contributed by atoms with Crippen molar-refractivity contribution in [3.05, 3.63) is 59.0 Å². The standard InChI is InChI=1S/C15H11BrN2O2/c16-12-3-1-11-6-14(4-2-10(11)5-12)20-15-8-17-13(9-19)7-18-15/h1-8,19H,9H2. The summed E-state index contributed by atoms with van der Waals surface area (Å²) in [6.07, 6.45) is 2.99. The van der Waals surface area contributed by atoms with E-state index in [4.69, 9.17) is 9.84 Å². The smallest absolute Gasteiger partial charge is 0.237 e. The predicted molar refractivity (Wildman–Crippen MR) is 79.7 cm³/mol. The molecule has 0 fully saturated rings. The van der Waals surface area contributed by atoms with E-state index in [1.165, 1.54) is 12.4 Å². The SMILES string of the molecule is OCc1cnc(Oc2ccc3cc(Br)ccc3c2)cn1. The third-order valence-corrected chi connectivity index (χ3v) is 3.33. The Morgan fingerprint density at radius 2 is 1.80 bits per heavy atom. The van der Waals surface area contributed by atoms with E-state index in [1.54, 1.807) is 0 Å². The minimum Gasteiger partial charge on any atom is -0.437 e. The molecule has 2 aromatic carbocycles. The molecule has 4 nitrogen and oxygen atoms in total. The molecule has 20 heavy (non-hydrogen) atoms. The highest BCUT2D eigenvalue weighted by atomic mass is 79.9. The molecule has 0 aliphatic carbocycles. The van der Waals surface area contributed by atoms with E-state index >= 15 is 0 Å². The summed E-state index contributed by atoms with van der Waals surface area (Å²) in [7, 11) is 0. The Balaban J connectivity index is 1.88. The molecule has 1 heterocycles. The summed E-state index contributed by atoms with van der Waals surface area (Å²) in [4.78, 5) is 8.11. The number of benzene rings is 2. The fourth-order valence-corrected chi connectivity index (χ4v) is 2.23. The van der Waals surface area contributed by atoms with Crippen LogP contribution in [0.4, 0.5) is 0 Å². The number of fused-ring (bicyclic) bond motifs is 1. The molecule has 0 aliphatic rings. The molecule has 3 rings (SSSR count). The average molecular weight is 331 g/mol. The maximum atomic E-state index is 8.91. The van der Waals surface area contributed by atoms with Crippen molar-refractivity contribution < 1.29 is 9.84 Å². The normalized spacial score (nSPS) is 10.7. The Labute approximate surface area is 124 Å². The number of ether oxygens (including phenoxy) is 1. The number of aromatic nitrogens is 2. The van der Waals surface area contributed by atoms with Gasteiger partial charge in [-0.15, -0.1) is 0 Å². The molecule has 0 saturated heterocycles. The fraction of sp³-hybridized carbons (Fsp3) is 0.0667. The van der Waals surface area contributed by atoms with Crippen molar-refractivity contribution in [2.45, 2.75) is 6.61 Å². The van der Waals surface area contributed by atoms with Gasteiger partial charge in [-0.3, -0.25) is 4.98 Å². The fourth-order valence-electron chi connectivity index (χ4n) is 1.86. The van der Waals surface area contributed by atoms with E-state index in [-0.39, 0.29) is 6.61 Å². The van der Waals surface area contributed by atoms with E-state index in [9.17, 15) is 0 Å². The molecular weight excluding hydrogens is 320 g/mol. The molecule has 5 heteroatoms. The summed E-state index contributed by atoms with van der Waals surface area (Å²) in [5, 5.41) is 11.1. The molecule has 1 N–H and O–H groups in total. The molecule has 0 saturated carbocycles. The van der Waals surface area contributed by atoms with Crippen LogP contribution in [-0.4, -0.2) is 15.1 Å². The molecule has 0 aliphatic heterocycles. The first-order valence-corrected chi connectivity index (χ1v) is 6.83. The van der Waals surface area contributed by atoms with Crippen molar-refractivity contribution in [3.8, 4) is 11.6 Å². The average Bonchev–Trinajstić information content (AvgIpc) is 2.48. The summed E-state index contributed by atoms with van der Waals surface area (Å²) in [5.74, 6) is 1.10. The third-order valence-electron chi connectivity index (χ3n) is 2.84. The second-order valence-electron chi connectivity index (χ2n) is 4.26. The highest BCUT2D eigenvalue weighted by Gasteiger charge is 2.02. The summed E-state index contributed by atoms with van der Waals surface area (Å²) in [6.45, 7) is -0.127. The first kappa shape index (κ1) is 13.0. The van der Waals surface area contributed by atoms with Crippen LogP contribution in [0.15, 0.2) is 53.3 Å². The van der Waals surface area contributed by atoms with Gasteiger partial charge in [0.05, 0.1) is 24.7 Å². The first-order chi connectivity index (χ1) is 9.74. The zero-order valence-electron chi connectivity index (χ0n) is 10.5. The van der Waals surface area contributed by atoms with Crippen molar-refractivity contribution >= 4 is 26.7 Å². The van der Waals surface area contributed by atoms with Gasteiger partial charge < -0.3 is 9.84 Å².